The summed E-state index contributed by atoms with van der Waals surface area (Å²) >= 11 is 0. The lowest BCUT2D eigenvalue weighted by Crippen LogP contribution is -2.46. The lowest BCUT2D eigenvalue weighted by molar-refractivity contribution is 0.0555. The summed E-state index contributed by atoms with van der Waals surface area (Å²) in [5.74, 6) is 2.30. The average molecular weight is 459 g/mol. The van der Waals surface area contributed by atoms with Gasteiger partial charge in [-0.05, 0) is 56.5 Å². The molecule has 0 amide bonds. The van der Waals surface area contributed by atoms with Gasteiger partial charge in [0.25, 0.3) is 0 Å². The van der Waals surface area contributed by atoms with Gasteiger partial charge in [-0.1, -0.05) is 24.3 Å². The van der Waals surface area contributed by atoms with E-state index in [0.717, 1.165) is 24.2 Å². The fourth-order valence-electron chi connectivity index (χ4n) is 4.07. The van der Waals surface area contributed by atoms with Crippen LogP contribution in [0, 0.1) is 17.2 Å². The van der Waals surface area contributed by atoms with Gasteiger partial charge in [-0.3, -0.25) is 4.99 Å². The lowest BCUT2D eigenvalue weighted by atomic mass is 9.93. The summed E-state index contributed by atoms with van der Waals surface area (Å²) in [5, 5.41) is 22.8. The second-order valence-corrected chi connectivity index (χ2v) is 9.27. The van der Waals surface area contributed by atoms with Crippen LogP contribution in [0.25, 0.3) is 0 Å². The smallest absolute Gasteiger partial charge is 0.219 e. The van der Waals surface area contributed by atoms with E-state index in [4.69, 9.17) is 14.7 Å². The number of β-amino-alcohol motifs (C(OH)–C–C–N with tert-alkyl or cyclic N) is 1. The van der Waals surface area contributed by atoms with E-state index in [0.29, 0.717) is 23.7 Å². The first-order chi connectivity index (χ1) is 16.4. The van der Waals surface area contributed by atoms with Crippen LogP contribution >= 0.6 is 0 Å². The minimum Gasteiger partial charge on any atom is -0.495 e. The number of aliphatic imine (C=N–C) groups is 1. The normalized spacial score (nSPS) is 19.8. The number of aromatic nitrogens is 1. The first-order valence-electron chi connectivity index (χ1n) is 11.5. The molecule has 1 aliphatic heterocycles. The Bertz CT molecular complexity index is 1100. The predicted molar refractivity (Wildman–Crippen MR) is 131 cm³/mol. The number of ether oxygens (including phenoxy) is 2. The Labute approximate surface area is 200 Å². The summed E-state index contributed by atoms with van der Waals surface area (Å²) in [6, 6.07) is 13.4. The third-order valence-corrected chi connectivity index (χ3v) is 5.90. The first kappa shape index (κ1) is 23.7. The van der Waals surface area contributed by atoms with E-state index in [-0.39, 0.29) is 24.1 Å². The van der Waals surface area contributed by atoms with Gasteiger partial charge in [0.15, 0.2) is 0 Å². The number of fused-ring (bicyclic) bond motifs is 1. The summed E-state index contributed by atoms with van der Waals surface area (Å²) < 4.78 is 11.7. The molecule has 0 radical (unpaired) electrons. The molecule has 1 aromatic carbocycles. The van der Waals surface area contributed by atoms with Crippen molar-refractivity contribution in [2.75, 3.05) is 13.2 Å². The van der Waals surface area contributed by atoms with Crippen LogP contribution in [0.5, 0.6) is 11.6 Å². The van der Waals surface area contributed by atoms with Gasteiger partial charge < -0.3 is 19.9 Å². The summed E-state index contributed by atoms with van der Waals surface area (Å²) in [6.45, 7) is 4.91. The van der Waals surface area contributed by atoms with E-state index < -0.39 is 6.10 Å². The maximum absolute atomic E-state index is 10.5. The van der Waals surface area contributed by atoms with E-state index in [1.807, 2.05) is 48.7 Å². The van der Waals surface area contributed by atoms with Gasteiger partial charge in [0.2, 0.25) is 5.88 Å². The summed E-state index contributed by atoms with van der Waals surface area (Å²) in [7, 11) is 0. The van der Waals surface area contributed by atoms with Crippen molar-refractivity contribution in [1.29, 1.82) is 5.26 Å². The number of nitrogens with one attached hydrogen (secondary N) is 1. The molecule has 0 spiro atoms. The SMILES string of the molecule is CC(C)(Cc1ccc(Oc2ccc(C#N)cn2)cc1)NCC(O)COC1=CC=CC2N=CCC12. The summed E-state index contributed by atoms with van der Waals surface area (Å²) in [6.07, 6.45) is 10.5. The molecule has 0 saturated heterocycles. The summed E-state index contributed by atoms with van der Waals surface area (Å²) in [4.78, 5) is 8.57. The minimum absolute atomic E-state index is 0.173. The van der Waals surface area contributed by atoms with E-state index in [1.54, 1.807) is 12.1 Å². The number of nitriles is 1. The molecule has 34 heavy (non-hydrogen) atoms. The van der Waals surface area contributed by atoms with Crippen LogP contribution in [0.1, 0.15) is 31.4 Å². The molecular formula is C27H30N4O3. The van der Waals surface area contributed by atoms with Crippen molar-refractivity contribution in [3.8, 4) is 17.7 Å². The van der Waals surface area contributed by atoms with Crippen LogP contribution in [0.2, 0.25) is 0 Å². The van der Waals surface area contributed by atoms with Crippen molar-refractivity contribution in [3.63, 3.8) is 0 Å². The van der Waals surface area contributed by atoms with Crippen molar-refractivity contribution in [1.82, 2.24) is 10.3 Å². The van der Waals surface area contributed by atoms with Crippen LogP contribution in [0.4, 0.5) is 0 Å². The Balaban J connectivity index is 1.22. The molecule has 0 fully saturated rings. The topological polar surface area (TPSA) is 99.8 Å². The van der Waals surface area contributed by atoms with E-state index in [1.165, 1.54) is 6.20 Å². The molecule has 1 aliphatic carbocycles. The van der Waals surface area contributed by atoms with Gasteiger partial charge in [-0.15, -0.1) is 0 Å². The Kier molecular flexibility index (Phi) is 7.41. The second-order valence-electron chi connectivity index (χ2n) is 9.27. The van der Waals surface area contributed by atoms with Crippen LogP contribution in [-0.4, -0.2) is 47.1 Å². The molecular weight excluding hydrogens is 428 g/mol. The van der Waals surface area contributed by atoms with Gasteiger partial charge >= 0.3 is 0 Å². The first-order valence-corrected chi connectivity index (χ1v) is 11.5. The molecule has 7 nitrogen and oxygen atoms in total. The van der Waals surface area contributed by atoms with Crippen molar-refractivity contribution >= 4 is 6.21 Å². The van der Waals surface area contributed by atoms with Crippen molar-refractivity contribution in [2.24, 2.45) is 10.9 Å². The standard InChI is InChI=1S/C27H30N4O3/c1-27(2,31-17-21(32)18-33-25-5-3-4-24-23(25)12-13-29-24)14-19-6-9-22(10-7-19)34-26-11-8-20(15-28)16-30-26/h3-11,13,16,21,23-24,31-32H,12,14,17-18H2,1-2H3. The van der Waals surface area contributed by atoms with Gasteiger partial charge in [0.05, 0.1) is 11.6 Å². The number of benzene rings is 1. The van der Waals surface area contributed by atoms with E-state index >= 15 is 0 Å². The van der Waals surface area contributed by atoms with Gasteiger partial charge in [0.1, 0.15) is 30.3 Å². The van der Waals surface area contributed by atoms with Gasteiger partial charge in [-0.25, -0.2) is 4.98 Å². The zero-order chi connectivity index (χ0) is 24.0. The van der Waals surface area contributed by atoms with Crippen LogP contribution in [-0.2, 0) is 11.2 Å². The van der Waals surface area contributed by atoms with E-state index in [9.17, 15) is 5.11 Å². The third kappa shape index (κ3) is 6.31. The Morgan fingerprint density at radius 2 is 2.06 bits per heavy atom. The van der Waals surface area contributed by atoms with Gasteiger partial charge in [0, 0.05) is 36.5 Å². The van der Waals surface area contributed by atoms with Gasteiger partial charge in [-0.2, -0.15) is 5.26 Å². The number of pyridine rings is 1. The minimum atomic E-state index is -0.609. The predicted octanol–water partition coefficient (Wildman–Crippen LogP) is 3.95. The third-order valence-electron chi connectivity index (χ3n) is 5.90. The number of hydrogen-bond donors (Lipinski definition) is 2. The molecule has 3 unspecified atom stereocenters. The molecule has 0 bridgehead atoms. The maximum atomic E-state index is 10.5. The molecule has 2 heterocycles. The molecule has 2 aromatic rings. The number of aliphatic hydroxyl groups is 1. The number of allylic oxidation sites excluding steroid dienone is 2. The van der Waals surface area contributed by atoms with Crippen LogP contribution in [0.3, 0.4) is 0 Å². The van der Waals surface area contributed by atoms with Crippen molar-refractivity contribution in [3.05, 3.63) is 77.7 Å². The molecule has 176 valence electrons. The van der Waals surface area contributed by atoms with Crippen LogP contribution < -0.4 is 10.1 Å². The Morgan fingerprint density at radius 3 is 2.79 bits per heavy atom. The van der Waals surface area contributed by atoms with E-state index in [2.05, 4.69) is 35.2 Å². The zero-order valence-electron chi connectivity index (χ0n) is 19.5. The highest BCUT2D eigenvalue weighted by Crippen LogP contribution is 2.30. The zero-order valence-corrected chi connectivity index (χ0v) is 19.5. The number of aliphatic hydroxyl groups excluding tert-OH is 1. The van der Waals surface area contributed by atoms with Crippen molar-refractivity contribution in [2.45, 2.75) is 44.4 Å². The summed E-state index contributed by atoms with van der Waals surface area (Å²) in [5.41, 5.74) is 1.43. The number of nitrogens with zero attached hydrogens (tertiary/aromatic N) is 3. The molecule has 3 atom stereocenters. The highest BCUT2D eigenvalue weighted by atomic mass is 16.5. The number of rotatable bonds is 10. The molecule has 1 aromatic heterocycles. The molecule has 4 rings (SSSR count). The average Bonchev–Trinajstić information content (AvgIpc) is 3.33. The van der Waals surface area contributed by atoms with Crippen LogP contribution in [0.15, 0.2) is 71.6 Å². The molecule has 0 saturated carbocycles. The van der Waals surface area contributed by atoms with Crippen molar-refractivity contribution < 1.29 is 14.6 Å². The highest BCUT2D eigenvalue weighted by molar-refractivity contribution is 5.63. The quantitative estimate of drug-likeness (QED) is 0.559. The fraction of sp³-hybridized carbons (Fsp3) is 0.370. The lowest BCUT2D eigenvalue weighted by Gasteiger charge is -2.29. The maximum Gasteiger partial charge on any atom is 0.219 e. The molecule has 7 heteroatoms. The monoisotopic (exact) mass is 458 g/mol. The molecule has 2 aliphatic rings. The molecule has 2 N–H and O–H groups in total. The Hall–Kier alpha value is -3.47. The Morgan fingerprint density at radius 1 is 1.24 bits per heavy atom. The second kappa shape index (κ2) is 10.6. The number of hydrogen-bond acceptors (Lipinski definition) is 7. The highest BCUT2D eigenvalue weighted by Gasteiger charge is 2.29. The fourth-order valence-corrected chi connectivity index (χ4v) is 4.07. The largest absolute Gasteiger partial charge is 0.495 e.